The minimum Gasteiger partial charge on any atom is -0.503 e. The summed E-state index contributed by atoms with van der Waals surface area (Å²) in [6.45, 7) is 0. The summed E-state index contributed by atoms with van der Waals surface area (Å²) in [4.78, 5) is 22.4. The minimum atomic E-state index is -1.58. The molecule has 2 aromatic rings. The number of ether oxygens (including phenoxy) is 1. The summed E-state index contributed by atoms with van der Waals surface area (Å²) in [5.74, 6) is -4.68. The molecule has 2 rings (SSSR count). The SMILES string of the molecule is COc1ccc(-n2c(C(=O)O)c(O)c(O)c2C(=O)O)cc1. The fraction of sp³-hybridized carbons (Fsp3) is 0.0769. The molecule has 0 bridgehead atoms. The van der Waals surface area contributed by atoms with Crippen molar-refractivity contribution in [2.45, 2.75) is 0 Å². The first-order valence-electron chi connectivity index (χ1n) is 5.66. The molecule has 0 aliphatic carbocycles. The van der Waals surface area contributed by atoms with Gasteiger partial charge in [-0.05, 0) is 24.3 Å². The topological polar surface area (TPSA) is 129 Å². The molecule has 1 aromatic carbocycles. The Morgan fingerprint density at radius 3 is 1.71 bits per heavy atom. The van der Waals surface area contributed by atoms with Crippen LogP contribution in [0.4, 0.5) is 0 Å². The first-order valence-corrected chi connectivity index (χ1v) is 5.66. The maximum atomic E-state index is 11.2. The lowest BCUT2D eigenvalue weighted by Gasteiger charge is -2.09. The van der Waals surface area contributed by atoms with Crippen molar-refractivity contribution in [1.82, 2.24) is 4.57 Å². The molecule has 0 amide bonds. The zero-order chi connectivity index (χ0) is 15.7. The molecular formula is C13H11NO7. The predicted molar refractivity (Wildman–Crippen MR) is 69.6 cm³/mol. The molecule has 4 N–H and O–H groups in total. The van der Waals surface area contributed by atoms with Crippen LogP contribution in [0.15, 0.2) is 24.3 Å². The number of rotatable bonds is 4. The summed E-state index contributed by atoms with van der Waals surface area (Å²) in [6, 6.07) is 5.77. The van der Waals surface area contributed by atoms with Gasteiger partial charge in [0.1, 0.15) is 5.75 Å². The zero-order valence-corrected chi connectivity index (χ0v) is 10.8. The molecule has 0 radical (unpaired) electrons. The van der Waals surface area contributed by atoms with E-state index < -0.39 is 34.8 Å². The number of carboxylic acids is 2. The molecule has 0 unspecified atom stereocenters. The van der Waals surface area contributed by atoms with Crippen molar-refractivity contribution in [3.05, 3.63) is 35.7 Å². The highest BCUT2D eigenvalue weighted by Gasteiger charge is 2.31. The smallest absolute Gasteiger partial charge is 0.356 e. The summed E-state index contributed by atoms with van der Waals surface area (Å²) >= 11 is 0. The predicted octanol–water partition coefficient (Wildman–Crippen LogP) is 1.29. The summed E-state index contributed by atoms with van der Waals surface area (Å²) in [5, 5.41) is 37.5. The van der Waals surface area contributed by atoms with Gasteiger partial charge in [-0.3, -0.25) is 4.57 Å². The standard InChI is InChI=1S/C13H11NO7/c1-21-7-4-2-6(3-5-7)14-8(12(17)18)10(15)11(16)9(14)13(19)20/h2-5,15-16H,1H3,(H,17,18)(H,19,20). The van der Waals surface area contributed by atoms with Crippen LogP contribution in [0.2, 0.25) is 0 Å². The fourth-order valence-electron chi connectivity index (χ4n) is 1.93. The monoisotopic (exact) mass is 293 g/mol. The highest BCUT2D eigenvalue weighted by Crippen LogP contribution is 2.38. The summed E-state index contributed by atoms with van der Waals surface area (Å²) in [6.07, 6.45) is 0. The van der Waals surface area contributed by atoms with E-state index in [0.717, 1.165) is 4.57 Å². The van der Waals surface area contributed by atoms with Gasteiger partial charge >= 0.3 is 11.9 Å². The van der Waals surface area contributed by atoms with E-state index in [9.17, 15) is 19.8 Å². The molecule has 0 saturated carbocycles. The van der Waals surface area contributed by atoms with E-state index in [4.69, 9.17) is 14.9 Å². The number of methoxy groups -OCH3 is 1. The molecule has 0 spiro atoms. The number of hydrogen-bond acceptors (Lipinski definition) is 5. The van der Waals surface area contributed by atoms with Gasteiger partial charge in [0.2, 0.25) is 0 Å². The lowest BCUT2D eigenvalue weighted by molar-refractivity contribution is 0.0681. The second kappa shape index (κ2) is 5.08. The van der Waals surface area contributed by atoms with E-state index in [-0.39, 0.29) is 5.69 Å². The maximum Gasteiger partial charge on any atom is 0.356 e. The average molecular weight is 293 g/mol. The molecule has 8 heteroatoms. The number of aromatic hydroxyl groups is 2. The van der Waals surface area contributed by atoms with Crippen molar-refractivity contribution < 1.29 is 34.8 Å². The highest BCUT2D eigenvalue weighted by molar-refractivity contribution is 5.99. The molecule has 1 heterocycles. The third-order valence-electron chi connectivity index (χ3n) is 2.86. The van der Waals surface area contributed by atoms with Gasteiger partial charge in [0.25, 0.3) is 0 Å². The van der Waals surface area contributed by atoms with Gasteiger partial charge in [0, 0.05) is 5.69 Å². The van der Waals surface area contributed by atoms with Crippen molar-refractivity contribution in [2.24, 2.45) is 0 Å². The van der Waals surface area contributed by atoms with Crippen LogP contribution in [0.25, 0.3) is 5.69 Å². The Balaban J connectivity index is 2.78. The number of benzene rings is 1. The van der Waals surface area contributed by atoms with Crippen LogP contribution in [0, 0.1) is 0 Å². The van der Waals surface area contributed by atoms with Crippen LogP contribution in [-0.2, 0) is 0 Å². The number of carboxylic acid groups (broad SMARTS) is 2. The third kappa shape index (κ3) is 2.22. The number of carbonyl (C=O) groups is 2. The summed E-state index contributed by atoms with van der Waals surface area (Å²) < 4.78 is 5.69. The van der Waals surface area contributed by atoms with E-state index in [1.54, 1.807) is 0 Å². The normalized spacial score (nSPS) is 10.3. The lowest BCUT2D eigenvalue weighted by atomic mass is 10.3. The minimum absolute atomic E-state index is 0.140. The highest BCUT2D eigenvalue weighted by atomic mass is 16.5. The Bertz CT molecular complexity index is 678. The van der Waals surface area contributed by atoms with Gasteiger partial charge in [-0.25, -0.2) is 9.59 Å². The van der Waals surface area contributed by atoms with E-state index in [2.05, 4.69) is 0 Å². The second-order valence-corrected chi connectivity index (χ2v) is 4.04. The molecule has 0 aliphatic rings. The Kier molecular flexibility index (Phi) is 3.45. The Morgan fingerprint density at radius 2 is 1.38 bits per heavy atom. The first-order chi connectivity index (χ1) is 9.88. The van der Waals surface area contributed by atoms with Crippen molar-refractivity contribution in [3.8, 4) is 22.9 Å². The quantitative estimate of drug-likeness (QED) is 0.668. The van der Waals surface area contributed by atoms with Crippen LogP contribution < -0.4 is 4.74 Å². The molecule has 21 heavy (non-hydrogen) atoms. The Labute approximate surface area is 118 Å². The van der Waals surface area contributed by atoms with Crippen LogP contribution >= 0.6 is 0 Å². The number of aromatic nitrogens is 1. The van der Waals surface area contributed by atoms with Gasteiger partial charge in [-0.2, -0.15) is 0 Å². The van der Waals surface area contributed by atoms with Crippen LogP contribution in [-0.4, -0.2) is 44.0 Å². The van der Waals surface area contributed by atoms with Crippen LogP contribution in [0.5, 0.6) is 17.2 Å². The number of aromatic carboxylic acids is 2. The summed E-state index contributed by atoms with van der Waals surface area (Å²) in [7, 11) is 1.44. The number of nitrogens with zero attached hydrogens (tertiary/aromatic N) is 1. The van der Waals surface area contributed by atoms with Gasteiger partial charge in [-0.1, -0.05) is 0 Å². The number of hydrogen-bond donors (Lipinski definition) is 4. The first kappa shape index (κ1) is 14.3. The van der Waals surface area contributed by atoms with Gasteiger partial charge in [-0.15, -0.1) is 0 Å². The average Bonchev–Trinajstić information content (AvgIpc) is 2.71. The van der Waals surface area contributed by atoms with E-state index in [1.807, 2.05) is 0 Å². The van der Waals surface area contributed by atoms with E-state index in [0.29, 0.717) is 5.75 Å². The van der Waals surface area contributed by atoms with Crippen molar-refractivity contribution in [2.75, 3.05) is 7.11 Å². The largest absolute Gasteiger partial charge is 0.503 e. The van der Waals surface area contributed by atoms with Crippen molar-refractivity contribution in [1.29, 1.82) is 0 Å². The molecule has 0 aliphatic heterocycles. The Hall–Kier alpha value is -3.16. The van der Waals surface area contributed by atoms with Crippen molar-refractivity contribution in [3.63, 3.8) is 0 Å². The fourth-order valence-corrected chi connectivity index (χ4v) is 1.93. The maximum absolute atomic E-state index is 11.2. The van der Waals surface area contributed by atoms with Gasteiger partial charge < -0.3 is 25.2 Å². The molecule has 0 atom stereocenters. The zero-order valence-electron chi connectivity index (χ0n) is 10.8. The van der Waals surface area contributed by atoms with Gasteiger partial charge in [0.15, 0.2) is 22.9 Å². The van der Waals surface area contributed by atoms with Crippen LogP contribution in [0.1, 0.15) is 21.0 Å². The van der Waals surface area contributed by atoms with Crippen molar-refractivity contribution >= 4 is 11.9 Å². The molecule has 8 nitrogen and oxygen atoms in total. The molecule has 0 saturated heterocycles. The second-order valence-electron chi connectivity index (χ2n) is 4.04. The summed E-state index contributed by atoms with van der Waals surface area (Å²) in [5.41, 5.74) is -1.34. The van der Waals surface area contributed by atoms with Crippen LogP contribution in [0.3, 0.4) is 0 Å². The third-order valence-corrected chi connectivity index (χ3v) is 2.86. The molecule has 110 valence electrons. The van der Waals surface area contributed by atoms with E-state index >= 15 is 0 Å². The van der Waals surface area contributed by atoms with Gasteiger partial charge in [0.05, 0.1) is 7.11 Å². The molecule has 1 aromatic heterocycles. The molecule has 0 fully saturated rings. The lowest BCUT2D eigenvalue weighted by Crippen LogP contribution is -2.12. The van der Waals surface area contributed by atoms with E-state index in [1.165, 1.54) is 31.4 Å². The molecular weight excluding hydrogens is 282 g/mol. The Morgan fingerprint density at radius 1 is 0.952 bits per heavy atom.